The van der Waals surface area contributed by atoms with Crippen LogP contribution in [0.4, 0.5) is 0 Å². The number of nitrogens with zero attached hydrogens (tertiary/aromatic N) is 1. The van der Waals surface area contributed by atoms with Crippen molar-refractivity contribution in [3.8, 4) is 0 Å². The van der Waals surface area contributed by atoms with E-state index in [-0.39, 0.29) is 5.78 Å². The van der Waals surface area contributed by atoms with Crippen molar-refractivity contribution in [1.82, 2.24) is 4.90 Å². The molecule has 0 bridgehead atoms. The van der Waals surface area contributed by atoms with Crippen molar-refractivity contribution in [2.75, 3.05) is 14.1 Å². The van der Waals surface area contributed by atoms with Crippen molar-refractivity contribution >= 4 is 5.78 Å². The first-order valence-electron chi connectivity index (χ1n) is 5.18. The molecule has 0 saturated carbocycles. The van der Waals surface area contributed by atoms with Crippen LogP contribution in [-0.4, -0.2) is 24.8 Å². The van der Waals surface area contributed by atoms with E-state index in [0.29, 0.717) is 0 Å². The lowest BCUT2D eigenvalue weighted by Crippen LogP contribution is -1.99. The SMILES string of the molecule is CC=CC=CC=CC(=O)C=CC=CN(C)C. The predicted octanol–water partition coefficient (Wildman–Crippen LogP) is 2.88. The summed E-state index contributed by atoms with van der Waals surface area (Å²) >= 11 is 0. The highest BCUT2D eigenvalue weighted by Crippen LogP contribution is 1.86. The fourth-order valence-electron chi connectivity index (χ4n) is 0.818. The van der Waals surface area contributed by atoms with E-state index in [4.69, 9.17) is 0 Å². The fourth-order valence-corrected chi connectivity index (χ4v) is 0.818. The number of rotatable bonds is 6. The lowest BCUT2D eigenvalue weighted by Gasteiger charge is -2.00. The van der Waals surface area contributed by atoms with E-state index < -0.39 is 0 Å². The fraction of sp³-hybridized carbons (Fsp3) is 0.214. The minimum atomic E-state index is -0.0199. The number of allylic oxidation sites excluding steroid dienone is 9. The minimum absolute atomic E-state index is 0.0199. The first-order valence-corrected chi connectivity index (χ1v) is 5.18. The van der Waals surface area contributed by atoms with Gasteiger partial charge in [-0.05, 0) is 31.4 Å². The summed E-state index contributed by atoms with van der Waals surface area (Å²) in [4.78, 5) is 13.2. The van der Waals surface area contributed by atoms with Gasteiger partial charge in [-0.1, -0.05) is 36.5 Å². The highest BCUT2D eigenvalue weighted by atomic mass is 16.1. The Morgan fingerprint density at radius 1 is 0.875 bits per heavy atom. The number of carbonyl (C=O) groups is 1. The van der Waals surface area contributed by atoms with Crippen molar-refractivity contribution in [3.05, 3.63) is 60.9 Å². The molecule has 0 aliphatic carbocycles. The van der Waals surface area contributed by atoms with E-state index in [1.807, 2.05) is 62.5 Å². The highest BCUT2D eigenvalue weighted by Gasteiger charge is 1.83. The summed E-state index contributed by atoms with van der Waals surface area (Å²) in [6.07, 6.45) is 17.7. The van der Waals surface area contributed by atoms with Crippen LogP contribution in [0.3, 0.4) is 0 Å². The quantitative estimate of drug-likeness (QED) is 0.503. The maximum absolute atomic E-state index is 11.2. The highest BCUT2D eigenvalue weighted by molar-refractivity contribution is 5.99. The van der Waals surface area contributed by atoms with Crippen LogP contribution in [0, 0.1) is 0 Å². The molecule has 0 spiro atoms. The Balaban J connectivity index is 3.99. The topological polar surface area (TPSA) is 20.3 Å². The molecular formula is C14H19NO. The second kappa shape index (κ2) is 9.71. The summed E-state index contributed by atoms with van der Waals surface area (Å²) in [5.74, 6) is -0.0199. The molecule has 0 rings (SSSR count). The van der Waals surface area contributed by atoms with Gasteiger partial charge >= 0.3 is 0 Å². The van der Waals surface area contributed by atoms with Crippen LogP contribution in [0.5, 0.6) is 0 Å². The van der Waals surface area contributed by atoms with Gasteiger partial charge in [-0.2, -0.15) is 0 Å². The van der Waals surface area contributed by atoms with E-state index in [0.717, 1.165) is 0 Å². The maximum atomic E-state index is 11.2. The molecule has 0 unspecified atom stereocenters. The molecule has 0 radical (unpaired) electrons. The summed E-state index contributed by atoms with van der Waals surface area (Å²) in [6, 6.07) is 0. The van der Waals surface area contributed by atoms with Crippen molar-refractivity contribution in [2.24, 2.45) is 0 Å². The predicted molar refractivity (Wildman–Crippen MR) is 70.1 cm³/mol. The van der Waals surface area contributed by atoms with Gasteiger partial charge in [-0.25, -0.2) is 0 Å². The molecule has 0 atom stereocenters. The van der Waals surface area contributed by atoms with E-state index in [1.54, 1.807) is 12.2 Å². The molecule has 0 amide bonds. The van der Waals surface area contributed by atoms with Crippen LogP contribution in [0.15, 0.2) is 60.9 Å². The third-order valence-electron chi connectivity index (χ3n) is 1.54. The van der Waals surface area contributed by atoms with Crippen LogP contribution in [0.25, 0.3) is 0 Å². The van der Waals surface area contributed by atoms with Crippen molar-refractivity contribution in [2.45, 2.75) is 6.92 Å². The van der Waals surface area contributed by atoms with E-state index in [9.17, 15) is 4.79 Å². The zero-order chi connectivity index (χ0) is 12.2. The van der Waals surface area contributed by atoms with Crippen LogP contribution in [-0.2, 0) is 4.79 Å². The van der Waals surface area contributed by atoms with Crippen molar-refractivity contribution in [1.29, 1.82) is 0 Å². The normalized spacial score (nSPS) is 12.9. The summed E-state index contributed by atoms with van der Waals surface area (Å²) in [7, 11) is 3.86. The number of hydrogen-bond donors (Lipinski definition) is 0. The molecule has 0 heterocycles. The molecule has 0 saturated heterocycles. The summed E-state index contributed by atoms with van der Waals surface area (Å²) in [5, 5.41) is 0. The molecule has 0 aromatic rings. The average molecular weight is 217 g/mol. The lowest BCUT2D eigenvalue weighted by molar-refractivity contribution is -0.110. The van der Waals surface area contributed by atoms with E-state index >= 15 is 0 Å². The molecule has 0 aliphatic heterocycles. The van der Waals surface area contributed by atoms with Gasteiger partial charge in [0.2, 0.25) is 0 Å². The van der Waals surface area contributed by atoms with Gasteiger partial charge in [0.05, 0.1) is 0 Å². The van der Waals surface area contributed by atoms with Gasteiger partial charge in [-0.15, -0.1) is 0 Å². The van der Waals surface area contributed by atoms with Gasteiger partial charge in [-0.3, -0.25) is 4.79 Å². The summed E-state index contributed by atoms with van der Waals surface area (Å²) < 4.78 is 0. The smallest absolute Gasteiger partial charge is 0.178 e. The van der Waals surface area contributed by atoms with Gasteiger partial charge in [0.25, 0.3) is 0 Å². The Morgan fingerprint density at radius 3 is 2.00 bits per heavy atom. The second-order valence-electron chi connectivity index (χ2n) is 3.34. The van der Waals surface area contributed by atoms with Crippen LogP contribution >= 0.6 is 0 Å². The van der Waals surface area contributed by atoms with Crippen molar-refractivity contribution < 1.29 is 4.79 Å². The molecule has 2 nitrogen and oxygen atoms in total. The largest absolute Gasteiger partial charge is 0.383 e. The third-order valence-corrected chi connectivity index (χ3v) is 1.54. The Morgan fingerprint density at radius 2 is 1.44 bits per heavy atom. The number of carbonyl (C=O) groups excluding carboxylic acids is 1. The molecule has 86 valence electrons. The average Bonchev–Trinajstić information content (AvgIpc) is 2.24. The third kappa shape index (κ3) is 10.3. The Hall–Kier alpha value is -1.83. The van der Waals surface area contributed by atoms with E-state index in [1.165, 1.54) is 12.2 Å². The van der Waals surface area contributed by atoms with Crippen LogP contribution < -0.4 is 0 Å². The number of ketones is 1. The number of hydrogen-bond acceptors (Lipinski definition) is 2. The van der Waals surface area contributed by atoms with Gasteiger partial charge in [0, 0.05) is 14.1 Å². The zero-order valence-electron chi connectivity index (χ0n) is 10.1. The first-order chi connectivity index (χ1) is 7.66. The zero-order valence-corrected chi connectivity index (χ0v) is 10.1. The van der Waals surface area contributed by atoms with Crippen LogP contribution in [0.1, 0.15) is 6.92 Å². The van der Waals surface area contributed by atoms with Crippen molar-refractivity contribution in [3.63, 3.8) is 0 Å². The maximum Gasteiger partial charge on any atom is 0.178 e. The lowest BCUT2D eigenvalue weighted by atomic mass is 10.3. The van der Waals surface area contributed by atoms with Crippen LogP contribution in [0.2, 0.25) is 0 Å². The summed E-state index contributed by atoms with van der Waals surface area (Å²) in [5.41, 5.74) is 0. The monoisotopic (exact) mass is 217 g/mol. The molecule has 0 aromatic heterocycles. The molecule has 2 heteroatoms. The second-order valence-corrected chi connectivity index (χ2v) is 3.34. The molecule has 0 aromatic carbocycles. The molecular weight excluding hydrogens is 198 g/mol. The van der Waals surface area contributed by atoms with E-state index in [2.05, 4.69) is 0 Å². The molecule has 16 heavy (non-hydrogen) atoms. The Bertz CT molecular complexity index is 331. The van der Waals surface area contributed by atoms with Gasteiger partial charge in [0.15, 0.2) is 5.78 Å². The first kappa shape index (κ1) is 14.2. The summed E-state index contributed by atoms with van der Waals surface area (Å²) in [6.45, 7) is 1.94. The standard InChI is InChI=1S/C14H19NO/c1-4-5-6-7-8-11-14(16)12-9-10-13-15(2)3/h4-13H,1-3H3. The molecule has 0 fully saturated rings. The Kier molecular flexibility index (Phi) is 8.60. The molecule has 0 N–H and O–H groups in total. The Labute approximate surface area is 98.0 Å². The minimum Gasteiger partial charge on any atom is -0.383 e. The van der Waals surface area contributed by atoms with Gasteiger partial charge < -0.3 is 4.90 Å². The van der Waals surface area contributed by atoms with Gasteiger partial charge in [0.1, 0.15) is 0 Å². The molecule has 0 aliphatic rings.